The summed E-state index contributed by atoms with van der Waals surface area (Å²) in [7, 11) is 3.36. The Hall–Kier alpha value is -3.02. The number of ether oxygens (including phenoxy) is 2. The number of fused-ring (bicyclic) bond motifs is 1. The average molecular weight is 336 g/mol. The molecule has 0 saturated heterocycles. The topological polar surface area (TPSA) is 61.2 Å². The highest BCUT2D eigenvalue weighted by Gasteiger charge is 2.30. The van der Waals surface area contributed by atoms with Crippen LogP contribution in [0, 0.1) is 0 Å². The molecule has 0 saturated carbocycles. The van der Waals surface area contributed by atoms with Crippen molar-refractivity contribution >= 4 is 5.95 Å². The molecule has 1 aliphatic rings. The minimum absolute atomic E-state index is 0.112. The molecular formula is C19H20N4O2. The summed E-state index contributed by atoms with van der Waals surface area (Å²) in [5, 5.41) is 7.88. The highest BCUT2D eigenvalue weighted by atomic mass is 16.5. The Balaban J connectivity index is 1.69. The smallest absolute Gasteiger partial charge is 0.222 e. The van der Waals surface area contributed by atoms with Crippen molar-refractivity contribution in [1.82, 2.24) is 14.8 Å². The van der Waals surface area contributed by atoms with E-state index in [4.69, 9.17) is 9.47 Å². The standard InChI is InChI=1S/C19H20N4O2/c1-24-15-8-6-13(7-9-15)18-11-17(22-19-20-12-21-23(18)19)14-4-3-5-16(10-14)25-2/h3-10,12,17-18H,11H2,1-2H3,(H,20,21,22). The van der Waals surface area contributed by atoms with Gasteiger partial charge in [-0.05, 0) is 41.8 Å². The van der Waals surface area contributed by atoms with E-state index >= 15 is 0 Å². The van der Waals surface area contributed by atoms with Gasteiger partial charge < -0.3 is 14.8 Å². The average Bonchev–Trinajstić information content (AvgIpc) is 3.16. The van der Waals surface area contributed by atoms with E-state index in [1.807, 2.05) is 28.9 Å². The van der Waals surface area contributed by atoms with E-state index < -0.39 is 0 Å². The molecule has 4 rings (SSSR count). The van der Waals surface area contributed by atoms with Gasteiger partial charge in [-0.15, -0.1) is 0 Å². The fourth-order valence-corrected chi connectivity index (χ4v) is 3.30. The zero-order valence-corrected chi connectivity index (χ0v) is 14.2. The van der Waals surface area contributed by atoms with Gasteiger partial charge in [0.05, 0.1) is 26.3 Å². The first-order valence-corrected chi connectivity index (χ1v) is 8.22. The van der Waals surface area contributed by atoms with Gasteiger partial charge in [-0.3, -0.25) is 0 Å². The maximum atomic E-state index is 5.36. The van der Waals surface area contributed by atoms with Crippen molar-refractivity contribution in [3.05, 3.63) is 66.0 Å². The molecule has 6 heteroatoms. The molecule has 0 bridgehead atoms. The molecule has 128 valence electrons. The summed E-state index contributed by atoms with van der Waals surface area (Å²) in [4.78, 5) is 4.37. The number of nitrogens with one attached hydrogen (secondary N) is 1. The molecule has 2 atom stereocenters. The largest absolute Gasteiger partial charge is 0.497 e. The van der Waals surface area contributed by atoms with Crippen LogP contribution in [0.25, 0.3) is 0 Å². The van der Waals surface area contributed by atoms with Crippen molar-refractivity contribution in [3.8, 4) is 11.5 Å². The van der Waals surface area contributed by atoms with Crippen LogP contribution in [0.4, 0.5) is 5.95 Å². The summed E-state index contributed by atoms with van der Waals surface area (Å²) in [5.74, 6) is 2.48. The number of aromatic nitrogens is 3. The molecule has 0 radical (unpaired) electrons. The van der Waals surface area contributed by atoms with Gasteiger partial charge in [0, 0.05) is 0 Å². The lowest BCUT2D eigenvalue weighted by atomic mass is 9.93. The molecule has 2 aromatic carbocycles. The summed E-state index contributed by atoms with van der Waals surface area (Å²) in [6.45, 7) is 0. The Kier molecular flexibility index (Phi) is 4.01. The second kappa shape index (κ2) is 6.47. The molecule has 2 unspecified atom stereocenters. The van der Waals surface area contributed by atoms with Crippen molar-refractivity contribution in [1.29, 1.82) is 0 Å². The molecule has 25 heavy (non-hydrogen) atoms. The number of nitrogens with zero attached hydrogens (tertiary/aromatic N) is 3. The van der Waals surface area contributed by atoms with Crippen LogP contribution in [0.15, 0.2) is 54.9 Å². The van der Waals surface area contributed by atoms with Crippen LogP contribution >= 0.6 is 0 Å². The second-order valence-electron chi connectivity index (χ2n) is 6.03. The molecule has 6 nitrogen and oxygen atoms in total. The molecule has 1 aromatic heterocycles. The third-order valence-electron chi connectivity index (χ3n) is 4.63. The van der Waals surface area contributed by atoms with E-state index in [0.717, 1.165) is 23.9 Å². The fourth-order valence-electron chi connectivity index (χ4n) is 3.30. The molecule has 2 heterocycles. The predicted molar refractivity (Wildman–Crippen MR) is 95.1 cm³/mol. The molecule has 1 aliphatic heterocycles. The van der Waals surface area contributed by atoms with Crippen LogP contribution in [0.2, 0.25) is 0 Å². The zero-order valence-electron chi connectivity index (χ0n) is 14.2. The third kappa shape index (κ3) is 2.91. The van der Waals surface area contributed by atoms with Gasteiger partial charge in [-0.1, -0.05) is 24.3 Å². The summed E-state index contributed by atoms with van der Waals surface area (Å²) in [6, 6.07) is 16.5. The lowest BCUT2D eigenvalue weighted by molar-refractivity contribution is 0.408. The van der Waals surface area contributed by atoms with Crippen LogP contribution in [-0.4, -0.2) is 29.0 Å². The first kappa shape index (κ1) is 15.5. The molecule has 0 amide bonds. The highest BCUT2D eigenvalue weighted by molar-refractivity contribution is 5.41. The van der Waals surface area contributed by atoms with Gasteiger partial charge in [-0.2, -0.15) is 10.1 Å². The van der Waals surface area contributed by atoms with Crippen molar-refractivity contribution in [2.45, 2.75) is 18.5 Å². The Bertz CT molecular complexity index is 860. The van der Waals surface area contributed by atoms with Gasteiger partial charge in [0.2, 0.25) is 5.95 Å². The first-order valence-electron chi connectivity index (χ1n) is 8.22. The maximum absolute atomic E-state index is 5.36. The Morgan fingerprint density at radius 2 is 1.80 bits per heavy atom. The van der Waals surface area contributed by atoms with Crippen molar-refractivity contribution in [3.63, 3.8) is 0 Å². The lowest BCUT2D eigenvalue weighted by Gasteiger charge is -2.32. The number of hydrogen-bond acceptors (Lipinski definition) is 5. The van der Waals surface area contributed by atoms with Crippen molar-refractivity contribution in [2.24, 2.45) is 0 Å². The molecule has 0 fully saturated rings. The van der Waals surface area contributed by atoms with Crippen LogP contribution in [0.1, 0.15) is 29.6 Å². The normalized spacial score (nSPS) is 19.0. The number of methoxy groups -OCH3 is 2. The van der Waals surface area contributed by atoms with Gasteiger partial charge in [-0.25, -0.2) is 4.68 Å². The van der Waals surface area contributed by atoms with Crippen LogP contribution in [0.5, 0.6) is 11.5 Å². The lowest BCUT2D eigenvalue weighted by Crippen LogP contribution is -2.28. The van der Waals surface area contributed by atoms with Gasteiger partial charge >= 0.3 is 0 Å². The van der Waals surface area contributed by atoms with E-state index in [1.165, 1.54) is 11.1 Å². The summed E-state index contributed by atoms with van der Waals surface area (Å²) in [5.41, 5.74) is 2.36. The first-order chi connectivity index (χ1) is 12.3. The van der Waals surface area contributed by atoms with Crippen molar-refractivity contribution < 1.29 is 9.47 Å². The molecule has 0 spiro atoms. The van der Waals surface area contributed by atoms with Gasteiger partial charge in [0.15, 0.2) is 0 Å². The quantitative estimate of drug-likeness (QED) is 0.791. The Morgan fingerprint density at radius 3 is 2.56 bits per heavy atom. The number of anilines is 1. The fraction of sp³-hybridized carbons (Fsp3) is 0.263. The Labute approximate surface area is 146 Å². The molecule has 0 aliphatic carbocycles. The number of rotatable bonds is 4. The minimum Gasteiger partial charge on any atom is -0.497 e. The maximum Gasteiger partial charge on any atom is 0.222 e. The van der Waals surface area contributed by atoms with E-state index in [9.17, 15) is 0 Å². The SMILES string of the molecule is COc1ccc(C2CC(c3cccc(OC)c3)Nc3ncnn32)cc1. The van der Waals surface area contributed by atoms with E-state index in [1.54, 1.807) is 20.5 Å². The summed E-state index contributed by atoms with van der Waals surface area (Å²) >= 11 is 0. The van der Waals surface area contributed by atoms with Crippen molar-refractivity contribution in [2.75, 3.05) is 19.5 Å². The Morgan fingerprint density at radius 1 is 1.00 bits per heavy atom. The third-order valence-corrected chi connectivity index (χ3v) is 4.63. The molecule has 3 aromatic rings. The predicted octanol–water partition coefficient (Wildman–Crippen LogP) is 3.44. The monoisotopic (exact) mass is 336 g/mol. The number of benzene rings is 2. The summed E-state index contributed by atoms with van der Waals surface area (Å²) < 4.78 is 12.6. The molecular weight excluding hydrogens is 316 g/mol. The summed E-state index contributed by atoms with van der Waals surface area (Å²) in [6.07, 6.45) is 2.46. The van der Waals surface area contributed by atoms with Gasteiger partial charge in [0.1, 0.15) is 17.8 Å². The van der Waals surface area contributed by atoms with Crippen LogP contribution in [-0.2, 0) is 0 Å². The molecule has 1 N–H and O–H groups in total. The second-order valence-corrected chi connectivity index (χ2v) is 6.03. The van der Waals surface area contributed by atoms with Crippen LogP contribution < -0.4 is 14.8 Å². The van der Waals surface area contributed by atoms with Gasteiger partial charge in [0.25, 0.3) is 0 Å². The van der Waals surface area contributed by atoms with Crippen LogP contribution in [0.3, 0.4) is 0 Å². The van der Waals surface area contributed by atoms with E-state index in [-0.39, 0.29) is 12.1 Å². The van der Waals surface area contributed by atoms with E-state index in [2.05, 4.69) is 39.7 Å². The minimum atomic E-state index is 0.112. The highest BCUT2D eigenvalue weighted by Crippen LogP contribution is 2.38. The zero-order chi connectivity index (χ0) is 17.2. The van der Waals surface area contributed by atoms with E-state index in [0.29, 0.717) is 0 Å². The number of hydrogen-bond donors (Lipinski definition) is 1.